The average molecular weight is 1160 g/mol. The number of aliphatic hydroxyl groups excluding tert-OH is 18. The van der Waals surface area contributed by atoms with Crippen molar-refractivity contribution in [3.05, 3.63) is 12.7 Å². The number of ether oxygens (including phenoxy) is 14. The smallest absolute Gasteiger partial charge is 0.187 e. The lowest BCUT2D eigenvalue weighted by Gasteiger charge is -2.51. The van der Waals surface area contributed by atoms with E-state index < -0.39 is 248 Å². The standard InChI is InChI=1S/C45H78N2O32/c1-4-5-66-41-31(64)36(23(56)14(7-49)69-41)77-39-18(46)25(58)33(16(9-51)72-39)74-44-32(65)37(24(57)15(8-50)70-44)78-40-19(47)35(76-42-29(62)26(59)20(53)11(2)67-42)34(17(10-52)73-40)75-45-38(28(61)22(55)13(6-48)71-45)79-43-30(63)27(60)21(54)12(3)68-43/h4,11-45,48-65H,1,5-10,46-47H2,2-3H3/t11?,12?,13?,14?,15?,16?,17?,18?,19?,20-,21+,22+,23+,24+,25?,26?,27?,28?,29?,30?,31?,32?,33+,34+,35?,36?,37?,38?,39+,40+,41-,42-,43+,44+,45+/m1/s1. The minimum atomic E-state index is -2.18. The summed E-state index contributed by atoms with van der Waals surface area (Å²) in [6.45, 7) is 1.29. The van der Waals surface area contributed by atoms with Crippen molar-refractivity contribution < 1.29 is 158 Å². The molecule has 0 aromatic rings. The highest BCUT2D eigenvalue weighted by Crippen LogP contribution is 2.38. The molecule has 7 rings (SSSR count). The Balaban J connectivity index is 1.13. The maximum Gasteiger partial charge on any atom is 0.187 e. The van der Waals surface area contributed by atoms with Gasteiger partial charge in [-0.1, -0.05) is 6.08 Å². The molecule has 0 aromatic carbocycles. The third-order valence-corrected chi connectivity index (χ3v) is 15.0. The molecule has 79 heavy (non-hydrogen) atoms. The molecule has 22 N–H and O–H groups in total. The molecule has 34 heteroatoms. The topological polar surface area (TPSA) is 545 Å². The van der Waals surface area contributed by atoms with Gasteiger partial charge in [0.1, 0.15) is 146 Å². The molecule has 7 aliphatic rings. The van der Waals surface area contributed by atoms with Crippen LogP contribution in [0.5, 0.6) is 0 Å². The van der Waals surface area contributed by atoms with E-state index in [1.807, 2.05) is 0 Å². The van der Waals surface area contributed by atoms with E-state index in [-0.39, 0.29) is 6.61 Å². The van der Waals surface area contributed by atoms with E-state index in [1.54, 1.807) is 0 Å². The predicted molar refractivity (Wildman–Crippen MR) is 247 cm³/mol. The van der Waals surface area contributed by atoms with Gasteiger partial charge >= 0.3 is 0 Å². The second-order valence-electron chi connectivity index (χ2n) is 20.3. The van der Waals surface area contributed by atoms with E-state index in [4.69, 9.17) is 77.8 Å². The molecule has 34 nitrogen and oxygen atoms in total. The fourth-order valence-corrected chi connectivity index (χ4v) is 10.2. The fourth-order valence-electron chi connectivity index (χ4n) is 10.2. The molecule has 0 radical (unpaired) electrons. The number of rotatable bonds is 20. The first-order valence-electron chi connectivity index (χ1n) is 25.6. The first-order valence-corrected chi connectivity index (χ1v) is 25.6. The van der Waals surface area contributed by atoms with Crippen LogP contribution < -0.4 is 11.5 Å². The summed E-state index contributed by atoms with van der Waals surface area (Å²) in [6.07, 6.45) is -57.7. The van der Waals surface area contributed by atoms with E-state index in [1.165, 1.54) is 19.9 Å². The third-order valence-electron chi connectivity index (χ3n) is 15.0. The molecule has 35 atom stereocenters. The van der Waals surface area contributed by atoms with Gasteiger partial charge in [-0.2, -0.15) is 0 Å². The average Bonchev–Trinajstić information content (AvgIpc) is 3.44. The maximum absolute atomic E-state index is 11.9. The molecular weight excluding hydrogens is 1080 g/mol. The largest absolute Gasteiger partial charge is 0.394 e. The Hall–Kier alpha value is -1.62. The van der Waals surface area contributed by atoms with Gasteiger partial charge in [0.05, 0.1) is 63.9 Å². The molecular formula is C45H78N2O32. The summed E-state index contributed by atoms with van der Waals surface area (Å²) in [5, 5.41) is 195. The Labute approximate surface area is 450 Å². The van der Waals surface area contributed by atoms with Gasteiger partial charge in [-0.15, -0.1) is 6.58 Å². The fraction of sp³-hybridized carbons (Fsp3) is 0.956. The number of hydrogen-bond acceptors (Lipinski definition) is 34. The number of hydrogen-bond donors (Lipinski definition) is 20. The van der Waals surface area contributed by atoms with Crippen LogP contribution in [0.2, 0.25) is 0 Å². The van der Waals surface area contributed by atoms with Crippen molar-refractivity contribution in [2.45, 2.75) is 229 Å². The highest BCUT2D eigenvalue weighted by molar-refractivity contribution is 5.02. The summed E-state index contributed by atoms with van der Waals surface area (Å²) in [6, 6.07) is -3.46. The monoisotopic (exact) mass is 1160 g/mol. The minimum absolute atomic E-state index is 0.125. The van der Waals surface area contributed by atoms with E-state index in [9.17, 15) is 91.9 Å². The predicted octanol–water partition coefficient (Wildman–Crippen LogP) is -13.1. The first kappa shape index (κ1) is 64.9. The quantitative estimate of drug-likeness (QED) is 0.0503. The molecule has 7 fully saturated rings. The van der Waals surface area contributed by atoms with Crippen molar-refractivity contribution in [2.75, 3.05) is 39.6 Å². The molecule has 0 aliphatic carbocycles. The molecule has 7 aliphatic heterocycles. The molecule has 0 saturated carbocycles. The van der Waals surface area contributed by atoms with Crippen molar-refractivity contribution in [3.8, 4) is 0 Å². The van der Waals surface area contributed by atoms with Crippen LogP contribution in [0.4, 0.5) is 0 Å². The molecule has 0 bridgehead atoms. The molecule has 0 spiro atoms. The van der Waals surface area contributed by atoms with Gasteiger partial charge in [0.2, 0.25) is 0 Å². The molecule has 0 aromatic heterocycles. The Bertz CT molecular complexity index is 1880. The maximum atomic E-state index is 11.9. The lowest BCUT2D eigenvalue weighted by Crippen LogP contribution is -2.71. The van der Waals surface area contributed by atoms with Crippen LogP contribution in [-0.4, -0.2) is 346 Å². The molecule has 7 heterocycles. The molecule has 0 amide bonds. The van der Waals surface area contributed by atoms with Crippen molar-refractivity contribution >= 4 is 0 Å². The third kappa shape index (κ3) is 13.6. The Morgan fingerprint density at radius 1 is 0.329 bits per heavy atom. The zero-order chi connectivity index (χ0) is 58.1. The van der Waals surface area contributed by atoms with Crippen LogP contribution in [0.25, 0.3) is 0 Å². The molecule has 460 valence electrons. The number of nitrogens with two attached hydrogens (primary N) is 2. The number of aliphatic hydroxyl groups is 18. The second-order valence-corrected chi connectivity index (χ2v) is 20.3. The zero-order valence-corrected chi connectivity index (χ0v) is 42.7. The van der Waals surface area contributed by atoms with E-state index >= 15 is 0 Å². The Kier molecular flexibility index (Phi) is 23.1. The van der Waals surface area contributed by atoms with Gasteiger partial charge in [-0.25, -0.2) is 0 Å². The van der Waals surface area contributed by atoms with Gasteiger partial charge < -0.3 is 170 Å². The summed E-state index contributed by atoms with van der Waals surface area (Å²) in [5.41, 5.74) is 13.1. The van der Waals surface area contributed by atoms with Crippen LogP contribution in [0.3, 0.4) is 0 Å². The lowest BCUT2D eigenvalue weighted by atomic mass is 9.94. The van der Waals surface area contributed by atoms with Gasteiger partial charge in [-0.3, -0.25) is 0 Å². The summed E-state index contributed by atoms with van der Waals surface area (Å²) in [4.78, 5) is 0. The highest BCUT2D eigenvalue weighted by atomic mass is 16.8. The molecule has 21 unspecified atom stereocenters. The summed E-state index contributed by atoms with van der Waals surface area (Å²) >= 11 is 0. The Morgan fingerprint density at radius 3 is 1.19 bits per heavy atom. The van der Waals surface area contributed by atoms with E-state index in [0.717, 1.165) is 0 Å². The van der Waals surface area contributed by atoms with Gasteiger partial charge in [0.25, 0.3) is 0 Å². The zero-order valence-electron chi connectivity index (χ0n) is 42.7. The normalized spacial score (nSPS) is 52.9. The summed E-state index contributed by atoms with van der Waals surface area (Å²) < 4.78 is 81.6. The first-order chi connectivity index (χ1) is 37.5. The minimum Gasteiger partial charge on any atom is -0.394 e. The van der Waals surface area contributed by atoms with Gasteiger partial charge in [0.15, 0.2) is 44.0 Å². The van der Waals surface area contributed by atoms with Crippen molar-refractivity contribution in [1.82, 2.24) is 0 Å². The molecule has 7 saturated heterocycles. The van der Waals surface area contributed by atoms with Crippen LogP contribution in [0, 0.1) is 0 Å². The van der Waals surface area contributed by atoms with Gasteiger partial charge in [0, 0.05) is 0 Å². The summed E-state index contributed by atoms with van der Waals surface area (Å²) in [5.74, 6) is 0. The van der Waals surface area contributed by atoms with E-state index in [0.29, 0.717) is 0 Å². The van der Waals surface area contributed by atoms with Gasteiger partial charge in [-0.05, 0) is 13.8 Å². The summed E-state index contributed by atoms with van der Waals surface area (Å²) in [7, 11) is 0. The van der Waals surface area contributed by atoms with Crippen LogP contribution in [-0.2, 0) is 66.3 Å². The van der Waals surface area contributed by atoms with Crippen molar-refractivity contribution in [2.24, 2.45) is 11.5 Å². The van der Waals surface area contributed by atoms with Crippen LogP contribution >= 0.6 is 0 Å². The SMILES string of the molecule is C=CCO[C@@H]1OC(CO)[C@H](O)C(O[C@@H]2OC(CO)[C@H](O[C@@H]3OC(CO)[C@H](O)C(O[C@@H]4OC(CO)[C@H](O[C@@H]5OC(CO)[C@H](O)C(O)C5O[C@@H]5OC(C)[C@H](O)C(O)C5O)C(O[C@H]5OC(C)[C@@H](O)C(O)C5O)C4N)C3O)C(O)C2N)C1O. The van der Waals surface area contributed by atoms with Crippen molar-refractivity contribution in [3.63, 3.8) is 0 Å². The van der Waals surface area contributed by atoms with E-state index in [2.05, 4.69) is 6.58 Å². The Morgan fingerprint density at radius 2 is 0.696 bits per heavy atom. The second kappa shape index (κ2) is 28.1. The highest BCUT2D eigenvalue weighted by Gasteiger charge is 2.59. The van der Waals surface area contributed by atoms with Crippen LogP contribution in [0.15, 0.2) is 12.7 Å². The lowest BCUT2D eigenvalue weighted by molar-refractivity contribution is -0.400. The van der Waals surface area contributed by atoms with Crippen LogP contribution in [0.1, 0.15) is 13.8 Å². The van der Waals surface area contributed by atoms with Crippen molar-refractivity contribution in [1.29, 1.82) is 0 Å².